The Hall–Kier alpha value is -0.520. The summed E-state index contributed by atoms with van der Waals surface area (Å²) in [5, 5.41) is 19.7. The van der Waals surface area contributed by atoms with Crippen LogP contribution in [-0.2, 0) is 0 Å². The number of aliphatic hydroxyl groups excluding tert-OH is 2. The van der Waals surface area contributed by atoms with Crippen molar-refractivity contribution in [3.8, 4) is 12.3 Å². The van der Waals surface area contributed by atoms with Crippen LogP contribution in [0.25, 0.3) is 0 Å². The average molecular weight is 198 g/mol. The van der Waals surface area contributed by atoms with Crippen LogP contribution < -0.4 is 0 Å². The second-order valence-electron chi connectivity index (χ2n) is 4.18. The molecule has 2 heteroatoms. The van der Waals surface area contributed by atoms with E-state index in [-0.39, 0.29) is 17.8 Å². The van der Waals surface area contributed by atoms with E-state index >= 15 is 0 Å². The van der Waals surface area contributed by atoms with Crippen molar-refractivity contribution >= 4 is 0 Å². The molecule has 0 unspecified atom stereocenters. The van der Waals surface area contributed by atoms with Gasteiger partial charge in [-0.3, -0.25) is 0 Å². The van der Waals surface area contributed by atoms with Gasteiger partial charge in [0.05, 0.1) is 12.2 Å². The van der Waals surface area contributed by atoms with Crippen LogP contribution >= 0.6 is 0 Å². The molecule has 5 atom stereocenters. The van der Waals surface area contributed by atoms with Gasteiger partial charge in [-0.25, -0.2) is 0 Å². The van der Waals surface area contributed by atoms with E-state index in [4.69, 9.17) is 6.42 Å². The van der Waals surface area contributed by atoms with Gasteiger partial charge >= 0.3 is 0 Å². The monoisotopic (exact) mass is 198 g/mol. The first-order valence-electron chi connectivity index (χ1n) is 5.27. The van der Waals surface area contributed by atoms with Crippen molar-refractivity contribution in [3.05, 3.63) is 0 Å². The summed E-state index contributed by atoms with van der Waals surface area (Å²) in [6, 6.07) is 0. The van der Waals surface area contributed by atoms with Crippen molar-refractivity contribution in [1.82, 2.24) is 0 Å². The molecule has 0 fully saturated rings. The van der Waals surface area contributed by atoms with Crippen LogP contribution in [0.2, 0.25) is 0 Å². The van der Waals surface area contributed by atoms with Crippen LogP contribution in [0, 0.1) is 30.1 Å². The Labute approximate surface area is 87.3 Å². The van der Waals surface area contributed by atoms with E-state index in [0.717, 1.165) is 6.42 Å². The van der Waals surface area contributed by atoms with Crippen LogP contribution in [0.5, 0.6) is 0 Å². The first kappa shape index (κ1) is 13.5. The Balaban J connectivity index is 4.31. The summed E-state index contributed by atoms with van der Waals surface area (Å²) in [6.45, 7) is 7.64. The second kappa shape index (κ2) is 6.06. The van der Waals surface area contributed by atoms with E-state index < -0.39 is 12.2 Å². The topological polar surface area (TPSA) is 40.5 Å². The molecule has 0 aromatic heterocycles. The lowest BCUT2D eigenvalue weighted by Gasteiger charge is -2.29. The molecule has 14 heavy (non-hydrogen) atoms. The molecule has 0 saturated carbocycles. The van der Waals surface area contributed by atoms with E-state index in [1.165, 1.54) is 0 Å². The zero-order valence-corrected chi connectivity index (χ0v) is 9.57. The maximum atomic E-state index is 9.87. The molecule has 0 aromatic carbocycles. The van der Waals surface area contributed by atoms with Crippen LogP contribution in [0.4, 0.5) is 0 Å². The SMILES string of the molecule is C#C[C@H](C)[C@H](O)[C@@H](C)[C@@H](O)[C@@H](C)CC. The standard InChI is InChI=1S/C12H22O2/c1-6-8(3)11(13)10(5)12(14)9(4)7-2/h1,8-14H,7H2,2-5H3/t8-,9-,10+,11-,12-/m0/s1. The van der Waals surface area contributed by atoms with Crippen LogP contribution in [-0.4, -0.2) is 22.4 Å². The molecule has 0 bridgehead atoms. The van der Waals surface area contributed by atoms with Gasteiger partial charge in [0.2, 0.25) is 0 Å². The molecule has 2 N–H and O–H groups in total. The predicted octanol–water partition coefficient (Wildman–Crippen LogP) is 1.66. The summed E-state index contributed by atoms with van der Waals surface area (Å²) >= 11 is 0. The third kappa shape index (κ3) is 3.32. The maximum absolute atomic E-state index is 9.87. The van der Waals surface area contributed by atoms with Gasteiger partial charge in [-0.15, -0.1) is 12.3 Å². The molecular formula is C12H22O2. The molecule has 0 spiro atoms. The van der Waals surface area contributed by atoms with Gasteiger partial charge in [-0.2, -0.15) is 0 Å². The van der Waals surface area contributed by atoms with Crippen LogP contribution in [0.1, 0.15) is 34.1 Å². The highest BCUT2D eigenvalue weighted by atomic mass is 16.3. The van der Waals surface area contributed by atoms with Gasteiger partial charge in [0.15, 0.2) is 0 Å². The molecule has 0 radical (unpaired) electrons. The lowest BCUT2D eigenvalue weighted by Crippen LogP contribution is -2.37. The second-order valence-corrected chi connectivity index (χ2v) is 4.18. The Morgan fingerprint density at radius 3 is 2.00 bits per heavy atom. The zero-order chi connectivity index (χ0) is 11.3. The zero-order valence-electron chi connectivity index (χ0n) is 9.57. The summed E-state index contributed by atoms with van der Waals surface area (Å²) in [6.07, 6.45) is 5.03. The van der Waals surface area contributed by atoms with Gasteiger partial charge in [0.1, 0.15) is 0 Å². The highest BCUT2D eigenvalue weighted by Gasteiger charge is 2.28. The van der Waals surface area contributed by atoms with E-state index in [9.17, 15) is 10.2 Å². The fourth-order valence-electron chi connectivity index (χ4n) is 1.52. The van der Waals surface area contributed by atoms with Crippen molar-refractivity contribution < 1.29 is 10.2 Å². The quantitative estimate of drug-likeness (QED) is 0.660. The normalized spacial score (nSPS) is 21.8. The first-order chi connectivity index (χ1) is 6.45. The largest absolute Gasteiger partial charge is 0.392 e. The smallest absolute Gasteiger partial charge is 0.0725 e. The van der Waals surface area contributed by atoms with Gasteiger partial charge in [0.25, 0.3) is 0 Å². The minimum Gasteiger partial charge on any atom is -0.392 e. The van der Waals surface area contributed by atoms with Gasteiger partial charge < -0.3 is 10.2 Å². The van der Waals surface area contributed by atoms with Crippen molar-refractivity contribution in [2.24, 2.45) is 17.8 Å². The summed E-state index contributed by atoms with van der Waals surface area (Å²) in [5.41, 5.74) is 0. The fraction of sp³-hybridized carbons (Fsp3) is 0.833. The van der Waals surface area contributed by atoms with Crippen molar-refractivity contribution in [2.45, 2.75) is 46.3 Å². The summed E-state index contributed by atoms with van der Waals surface area (Å²) in [4.78, 5) is 0. The predicted molar refractivity (Wildman–Crippen MR) is 58.6 cm³/mol. The number of rotatable bonds is 5. The minimum absolute atomic E-state index is 0.170. The molecule has 0 aliphatic rings. The molecule has 0 aliphatic carbocycles. The Morgan fingerprint density at radius 2 is 1.64 bits per heavy atom. The number of hydrogen-bond donors (Lipinski definition) is 2. The lowest BCUT2D eigenvalue weighted by atomic mass is 9.84. The Morgan fingerprint density at radius 1 is 1.14 bits per heavy atom. The molecule has 0 amide bonds. The Kier molecular flexibility index (Phi) is 5.83. The molecule has 0 heterocycles. The van der Waals surface area contributed by atoms with Gasteiger partial charge in [-0.05, 0) is 12.8 Å². The van der Waals surface area contributed by atoms with Gasteiger partial charge in [0, 0.05) is 11.8 Å². The van der Waals surface area contributed by atoms with E-state index in [1.54, 1.807) is 6.92 Å². The van der Waals surface area contributed by atoms with E-state index in [0.29, 0.717) is 0 Å². The Bertz CT molecular complexity index is 195. The van der Waals surface area contributed by atoms with Crippen molar-refractivity contribution in [2.75, 3.05) is 0 Å². The van der Waals surface area contributed by atoms with Crippen LogP contribution in [0.3, 0.4) is 0 Å². The van der Waals surface area contributed by atoms with Crippen LogP contribution in [0.15, 0.2) is 0 Å². The summed E-state index contributed by atoms with van der Waals surface area (Å²) in [5.74, 6) is 2.32. The third-order valence-electron chi connectivity index (χ3n) is 3.08. The molecule has 0 aromatic rings. The van der Waals surface area contributed by atoms with Gasteiger partial charge in [-0.1, -0.05) is 27.2 Å². The summed E-state index contributed by atoms with van der Waals surface area (Å²) < 4.78 is 0. The number of hydrogen-bond acceptors (Lipinski definition) is 2. The molecule has 2 nitrogen and oxygen atoms in total. The first-order valence-corrected chi connectivity index (χ1v) is 5.27. The summed E-state index contributed by atoms with van der Waals surface area (Å²) in [7, 11) is 0. The fourth-order valence-corrected chi connectivity index (χ4v) is 1.52. The molecular weight excluding hydrogens is 176 g/mol. The molecule has 0 aliphatic heterocycles. The van der Waals surface area contributed by atoms with Crippen molar-refractivity contribution in [1.29, 1.82) is 0 Å². The highest BCUT2D eigenvalue weighted by Crippen LogP contribution is 2.22. The molecule has 82 valence electrons. The average Bonchev–Trinajstić information content (AvgIpc) is 2.23. The number of terminal acetylenes is 1. The van der Waals surface area contributed by atoms with E-state index in [1.807, 2.05) is 20.8 Å². The third-order valence-corrected chi connectivity index (χ3v) is 3.08. The maximum Gasteiger partial charge on any atom is 0.0725 e. The molecule has 0 saturated heterocycles. The number of aliphatic hydroxyl groups is 2. The van der Waals surface area contributed by atoms with E-state index in [2.05, 4.69) is 5.92 Å². The lowest BCUT2D eigenvalue weighted by molar-refractivity contribution is -0.0193. The molecule has 0 rings (SSSR count). The van der Waals surface area contributed by atoms with Crippen molar-refractivity contribution in [3.63, 3.8) is 0 Å². The minimum atomic E-state index is -0.621. The highest BCUT2D eigenvalue weighted by molar-refractivity contribution is 4.96.